The Hall–Kier alpha value is -3.17. The Balaban J connectivity index is 1.71. The van der Waals surface area contributed by atoms with Gasteiger partial charge in [-0.05, 0) is 25.5 Å². The highest BCUT2D eigenvalue weighted by atomic mass is 35.5. The van der Waals surface area contributed by atoms with Gasteiger partial charge in [0.1, 0.15) is 17.2 Å². The van der Waals surface area contributed by atoms with Gasteiger partial charge in [-0.1, -0.05) is 47.6 Å². The number of hydrogen-bond donors (Lipinski definition) is 1. The van der Waals surface area contributed by atoms with Crippen LogP contribution in [0.25, 0.3) is 0 Å². The lowest BCUT2D eigenvalue weighted by Crippen LogP contribution is -2.16. The second-order valence-electron chi connectivity index (χ2n) is 7.29. The van der Waals surface area contributed by atoms with E-state index in [1.165, 1.54) is 26.0 Å². The van der Waals surface area contributed by atoms with Gasteiger partial charge in [0.25, 0.3) is 0 Å². The number of benzene rings is 2. The van der Waals surface area contributed by atoms with Crippen LogP contribution in [0.15, 0.2) is 54.2 Å². The Morgan fingerprint density at radius 1 is 1.21 bits per heavy atom. The fourth-order valence-corrected chi connectivity index (χ4v) is 4.20. The number of rotatable bonds is 11. The fraction of sp³-hybridized carbons (Fsp3) is 0.292. The summed E-state index contributed by atoms with van der Waals surface area (Å²) in [4.78, 5) is 12.7. The molecule has 0 saturated carbocycles. The van der Waals surface area contributed by atoms with Crippen LogP contribution < -0.4 is 19.5 Å². The van der Waals surface area contributed by atoms with Gasteiger partial charge >= 0.3 is 0 Å². The van der Waals surface area contributed by atoms with Crippen molar-refractivity contribution in [1.29, 1.82) is 0 Å². The van der Waals surface area contributed by atoms with Gasteiger partial charge in [-0.2, -0.15) is 0 Å². The number of thioether (sulfide) groups is 1. The van der Waals surface area contributed by atoms with Crippen molar-refractivity contribution >= 4 is 35.0 Å². The number of aryl methyl sites for hydroxylation is 1. The van der Waals surface area contributed by atoms with Gasteiger partial charge in [0, 0.05) is 18.7 Å². The first kappa shape index (κ1) is 25.5. The predicted molar refractivity (Wildman–Crippen MR) is 134 cm³/mol. The quantitative estimate of drug-likeness (QED) is 0.280. The zero-order chi connectivity index (χ0) is 24.7. The van der Waals surface area contributed by atoms with Crippen molar-refractivity contribution < 1.29 is 19.0 Å². The lowest BCUT2D eigenvalue weighted by atomic mass is 10.2. The molecule has 10 heteroatoms. The third-order valence-corrected chi connectivity index (χ3v) is 6.16. The summed E-state index contributed by atoms with van der Waals surface area (Å²) in [5.74, 6) is 2.16. The Morgan fingerprint density at radius 2 is 1.94 bits per heavy atom. The van der Waals surface area contributed by atoms with E-state index in [1.807, 2.05) is 42.7 Å². The number of nitrogens with one attached hydrogen (secondary N) is 1. The van der Waals surface area contributed by atoms with Gasteiger partial charge in [-0.25, -0.2) is 0 Å². The minimum absolute atomic E-state index is 0.108. The van der Waals surface area contributed by atoms with Crippen LogP contribution in [-0.2, 0) is 11.3 Å². The molecule has 34 heavy (non-hydrogen) atoms. The molecule has 1 aromatic heterocycles. The SMILES string of the molecule is C=CCn1c(SCC(=O)Nc2cc(OC)c(Cl)cc2OC)nnc1C(C)Oc1ccccc1C. The van der Waals surface area contributed by atoms with E-state index in [2.05, 4.69) is 22.1 Å². The Labute approximate surface area is 208 Å². The topological polar surface area (TPSA) is 87.5 Å². The summed E-state index contributed by atoms with van der Waals surface area (Å²) in [6.45, 7) is 8.21. The summed E-state index contributed by atoms with van der Waals surface area (Å²) in [5.41, 5.74) is 1.49. The normalized spacial score (nSPS) is 11.6. The number of ether oxygens (including phenoxy) is 3. The zero-order valence-corrected chi connectivity index (χ0v) is 21.1. The number of methoxy groups -OCH3 is 2. The second-order valence-corrected chi connectivity index (χ2v) is 8.64. The fourth-order valence-electron chi connectivity index (χ4n) is 3.21. The molecule has 1 amide bonds. The predicted octanol–water partition coefficient (Wildman–Crippen LogP) is 5.31. The number of para-hydroxylation sites is 1. The first-order valence-electron chi connectivity index (χ1n) is 10.5. The summed E-state index contributed by atoms with van der Waals surface area (Å²) < 4.78 is 18.5. The minimum Gasteiger partial charge on any atom is -0.495 e. The number of nitrogens with zero attached hydrogens (tertiary/aromatic N) is 3. The Kier molecular flexibility index (Phi) is 8.84. The summed E-state index contributed by atoms with van der Waals surface area (Å²) in [7, 11) is 3.00. The summed E-state index contributed by atoms with van der Waals surface area (Å²) >= 11 is 7.40. The van der Waals surface area contributed by atoms with Crippen molar-refractivity contribution in [3.8, 4) is 17.2 Å². The lowest BCUT2D eigenvalue weighted by Gasteiger charge is -2.17. The monoisotopic (exact) mass is 502 g/mol. The molecule has 1 atom stereocenters. The van der Waals surface area contributed by atoms with Crippen molar-refractivity contribution in [3.63, 3.8) is 0 Å². The van der Waals surface area contributed by atoms with Gasteiger partial charge in [-0.15, -0.1) is 16.8 Å². The molecule has 0 saturated heterocycles. The molecule has 0 bridgehead atoms. The Morgan fingerprint density at radius 3 is 2.62 bits per heavy atom. The minimum atomic E-state index is -0.345. The maximum absolute atomic E-state index is 12.7. The number of anilines is 1. The summed E-state index contributed by atoms with van der Waals surface area (Å²) in [6, 6.07) is 11.0. The van der Waals surface area contributed by atoms with Crippen LogP contribution in [0.1, 0.15) is 24.4 Å². The molecule has 0 fully saturated rings. The number of halogens is 1. The number of aromatic nitrogens is 3. The van der Waals surface area contributed by atoms with Gasteiger partial charge in [-0.3, -0.25) is 9.36 Å². The highest BCUT2D eigenvalue weighted by molar-refractivity contribution is 7.99. The molecule has 0 radical (unpaired) electrons. The van der Waals surface area contributed by atoms with E-state index in [1.54, 1.807) is 18.2 Å². The van der Waals surface area contributed by atoms with Crippen LogP contribution in [0, 0.1) is 6.92 Å². The second kappa shape index (κ2) is 11.8. The first-order chi connectivity index (χ1) is 16.4. The van der Waals surface area contributed by atoms with E-state index in [4.69, 9.17) is 25.8 Å². The van der Waals surface area contributed by atoms with E-state index >= 15 is 0 Å². The van der Waals surface area contributed by atoms with Crippen molar-refractivity contribution in [2.45, 2.75) is 31.7 Å². The Bertz CT molecular complexity index is 1170. The molecule has 0 aliphatic rings. The molecule has 0 aliphatic carbocycles. The first-order valence-corrected chi connectivity index (χ1v) is 11.8. The molecule has 1 N–H and O–H groups in total. The largest absolute Gasteiger partial charge is 0.495 e. The third-order valence-electron chi connectivity index (χ3n) is 4.90. The van der Waals surface area contributed by atoms with E-state index in [-0.39, 0.29) is 17.8 Å². The van der Waals surface area contributed by atoms with Crippen molar-refractivity contribution in [3.05, 3.63) is 65.5 Å². The van der Waals surface area contributed by atoms with Gasteiger partial charge in [0.2, 0.25) is 5.91 Å². The average molecular weight is 503 g/mol. The molecule has 180 valence electrons. The zero-order valence-electron chi connectivity index (χ0n) is 19.5. The van der Waals surface area contributed by atoms with Crippen LogP contribution in [-0.4, -0.2) is 40.6 Å². The van der Waals surface area contributed by atoms with Crippen LogP contribution in [0.3, 0.4) is 0 Å². The number of carbonyl (C=O) groups is 1. The van der Waals surface area contributed by atoms with Gasteiger partial charge in [0.15, 0.2) is 17.1 Å². The van der Waals surface area contributed by atoms with Crippen molar-refractivity contribution in [2.75, 3.05) is 25.3 Å². The van der Waals surface area contributed by atoms with E-state index in [9.17, 15) is 4.79 Å². The lowest BCUT2D eigenvalue weighted by molar-refractivity contribution is -0.113. The summed E-state index contributed by atoms with van der Waals surface area (Å²) in [6.07, 6.45) is 1.41. The van der Waals surface area contributed by atoms with Crippen molar-refractivity contribution in [2.24, 2.45) is 0 Å². The molecule has 3 rings (SSSR count). The van der Waals surface area contributed by atoms with E-state index < -0.39 is 0 Å². The number of carbonyl (C=O) groups excluding carboxylic acids is 1. The number of allylic oxidation sites excluding steroid dienone is 1. The smallest absolute Gasteiger partial charge is 0.234 e. The molecule has 2 aromatic carbocycles. The highest BCUT2D eigenvalue weighted by Crippen LogP contribution is 2.36. The molecular weight excluding hydrogens is 476 g/mol. The molecule has 1 heterocycles. The molecule has 8 nitrogen and oxygen atoms in total. The number of amides is 1. The van der Waals surface area contributed by atoms with Crippen LogP contribution in [0.4, 0.5) is 5.69 Å². The maximum Gasteiger partial charge on any atom is 0.234 e. The van der Waals surface area contributed by atoms with Gasteiger partial charge in [0.05, 0.1) is 30.7 Å². The molecule has 3 aromatic rings. The molecular formula is C24H27ClN4O4S. The van der Waals surface area contributed by atoms with Crippen LogP contribution in [0.5, 0.6) is 17.2 Å². The summed E-state index contributed by atoms with van der Waals surface area (Å²) in [5, 5.41) is 12.4. The third kappa shape index (κ3) is 6.03. The maximum atomic E-state index is 12.7. The van der Waals surface area contributed by atoms with Crippen molar-refractivity contribution in [1.82, 2.24) is 14.8 Å². The highest BCUT2D eigenvalue weighted by Gasteiger charge is 2.21. The van der Waals surface area contributed by atoms with Crippen LogP contribution >= 0.6 is 23.4 Å². The number of hydrogen-bond acceptors (Lipinski definition) is 7. The van der Waals surface area contributed by atoms with Crippen LogP contribution in [0.2, 0.25) is 5.02 Å². The molecule has 1 unspecified atom stereocenters. The molecule has 0 aliphatic heterocycles. The average Bonchev–Trinajstić information content (AvgIpc) is 3.23. The standard InChI is InChI=1S/C24H27ClN4O4S/c1-6-11-29-23(16(3)33-19-10-8-7-9-15(19)2)27-28-24(29)34-14-22(30)26-18-13-20(31-4)17(25)12-21(18)32-5/h6-10,12-13,16H,1,11,14H2,2-5H3,(H,26,30). The van der Waals surface area contributed by atoms with Gasteiger partial charge < -0.3 is 19.5 Å². The van der Waals surface area contributed by atoms with E-state index in [0.717, 1.165) is 11.3 Å². The molecule has 0 spiro atoms. The van der Waals surface area contributed by atoms with E-state index in [0.29, 0.717) is 39.7 Å².